The molecule has 2 heteroatoms. The first-order chi connectivity index (χ1) is 23.1. The van der Waals surface area contributed by atoms with Gasteiger partial charge >= 0.3 is 288 Å². The molecular formula is C46H84I2-2. The summed E-state index contributed by atoms with van der Waals surface area (Å²) >= 11 is -1.19. The third kappa shape index (κ3) is 16.6. The van der Waals surface area contributed by atoms with Gasteiger partial charge in [-0.1, -0.05) is 32.1 Å². The first-order valence-corrected chi connectivity index (χ1v) is 29.2. The average Bonchev–Trinajstić information content (AvgIpc) is 3.58. The molecule has 3 aliphatic rings. The first-order valence-electron chi connectivity index (χ1n) is 21.5. The third-order valence-electron chi connectivity index (χ3n) is 12.3. The Labute approximate surface area is 317 Å². The predicted molar refractivity (Wildman–Crippen MR) is 211 cm³/mol. The van der Waals surface area contributed by atoms with E-state index in [1.165, 1.54) is 161 Å². The van der Waals surface area contributed by atoms with Crippen LogP contribution >= 0.6 is 0 Å². The molecule has 3 heterocycles. The van der Waals surface area contributed by atoms with Crippen LogP contribution in [-0.2, 0) is 0 Å². The van der Waals surface area contributed by atoms with Crippen molar-refractivity contribution < 1.29 is 39.6 Å². The fraction of sp³-hybridized carbons (Fsp3) is 0.870. The van der Waals surface area contributed by atoms with Crippen molar-refractivity contribution >= 4 is 0 Å². The number of hydrogen-bond donors (Lipinski definition) is 0. The summed E-state index contributed by atoms with van der Waals surface area (Å²) in [5, 5.41) is 0. The second-order valence-corrected chi connectivity index (χ2v) is 33.9. The van der Waals surface area contributed by atoms with Gasteiger partial charge < -0.3 is 0 Å². The van der Waals surface area contributed by atoms with Gasteiger partial charge in [0.25, 0.3) is 0 Å². The molecule has 3 atom stereocenters. The number of alkyl halides is 5. The normalized spacial score (nSPS) is 23.1. The summed E-state index contributed by atoms with van der Waals surface area (Å²) in [7, 11) is 0. The van der Waals surface area contributed by atoms with Crippen molar-refractivity contribution in [2.75, 3.05) is 8.86 Å². The number of allylic oxidation sites excluding steroid dienone is 3. The third-order valence-corrected chi connectivity index (χ3v) is 30.0. The molecule has 0 amide bonds. The quantitative estimate of drug-likeness (QED) is 0.0319. The number of unbranched alkanes of at least 4 members (excludes halogenated alkanes) is 15. The fourth-order valence-corrected chi connectivity index (χ4v) is 28.6. The molecule has 0 aromatic rings. The summed E-state index contributed by atoms with van der Waals surface area (Å²) in [6.45, 7) is 23.1. The molecule has 0 aromatic heterocycles. The molecule has 48 heavy (non-hydrogen) atoms. The standard InChI is InChI=1S/C46H84I2/c1-8-43(40(3)36-42-37-44-32-33-45(38-42)48(44)34-25-26-35-48)31-27-29-39(2)28-23-21-19-17-15-13-11-9-10-12-14-16-18-20-22-24-30-41(4)47-46(5,6)7/h42-45H,2-4,8-38H2,1,5-7H3/q-2. The Morgan fingerprint density at radius 2 is 1.08 bits per heavy atom. The Bertz CT molecular complexity index is 885. The van der Waals surface area contributed by atoms with Gasteiger partial charge in [0.15, 0.2) is 0 Å². The van der Waals surface area contributed by atoms with E-state index in [2.05, 4.69) is 40.9 Å². The van der Waals surface area contributed by atoms with Gasteiger partial charge in [-0.05, 0) is 0 Å². The van der Waals surface area contributed by atoms with E-state index < -0.39 is 18.4 Å². The summed E-state index contributed by atoms with van der Waals surface area (Å²) < 4.78 is 8.05. The van der Waals surface area contributed by atoms with Crippen LogP contribution in [0.4, 0.5) is 0 Å². The van der Waals surface area contributed by atoms with Crippen LogP contribution in [0.3, 0.4) is 0 Å². The van der Waals surface area contributed by atoms with Gasteiger partial charge in [0.05, 0.1) is 0 Å². The van der Waals surface area contributed by atoms with E-state index in [0.717, 1.165) is 11.8 Å². The Morgan fingerprint density at radius 3 is 1.54 bits per heavy atom. The molecule has 0 aliphatic carbocycles. The number of hydrogen-bond acceptors (Lipinski definition) is 0. The molecule has 3 unspecified atom stereocenters. The number of rotatable bonds is 28. The van der Waals surface area contributed by atoms with E-state index >= 15 is 0 Å². The minimum atomic E-state index is -1.35. The molecule has 3 aliphatic heterocycles. The van der Waals surface area contributed by atoms with Gasteiger partial charge in [-0.25, -0.2) is 0 Å². The Kier molecular flexibility index (Phi) is 21.6. The zero-order valence-corrected chi connectivity index (χ0v) is 37.4. The van der Waals surface area contributed by atoms with Gasteiger partial charge in [0.2, 0.25) is 0 Å². The molecule has 3 saturated heterocycles. The van der Waals surface area contributed by atoms with Gasteiger partial charge in [-0.15, -0.1) is 0 Å². The molecule has 3 rings (SSSR count). The van der Waals surface area contributed by atoms with Crippen LogP contribution in [0.15, 0.2) is 34.5 Å². The van der Waals surface area contributed by atoms with Crippen molar-refractivity contribution in [3.05, 3.63) is 34.5 Å². The van der Waals surface area contributed by atoms with Crippen molar-refractivity contribution in [1.82, 2.24) is 0 Å². The van der Waals surface area contributed by atoms with E-state index in [9.17, 15) is 0 Å². The molecule has 0 nitrogen and oxygen atoms in total. The van der Waals surface area contributed by atoms with Crippen molar-refractivity contribution in [2.45, 2.75) is 225 Å². The van der Waals surface area contributed by atoms with E-state index in [0.29, 0.717) is 3.42 Å². The van der Waals surface area contributed by atoms with E-state index in [4.69, 9.17) is 6.58 Å². The van der Waals surface area contributed by atoms with Gasteiger partial charge in [-0.3, -0.25) is 0 Å². The molecular weight excluding hydrogens is 806 g/mol. The second-order valence-electron chi connectivity index (χ2n) is 17.6. The molecule has 0 saturated carbocycles. The van der Waals surface area contributed by atoms with Crippen LogP contribution in [0, 0.1) is 11.8 Å². The van der Waals surface area contributed by atoms with E-state index in [1.807, 2.05) is 0 Å². The van der Waals surface area contributed by atoms with Gasteiger partial charge in [0, 0.05) is 0 Å². The molecule has 0 radical (unpaired) electrons. The summed E-state index contributed by atoms with van der Waals surface area (Å²) in [5.74, 6) is 1.75. The molecule has 2 bridgehead atoms. The number of halogens is 2. The van der Waals surface area contributed by atoms with Gasteiger partial charge in [-0.2, -0.15) is 0 Å². The van der Waals surface area contributed by atoms with Gasteiger partial charge in [0.1, 0.15) is 0 Å². The van der Waals surface area contributed by atoms with Crippen LogP contribution in [0.5, 0.6) is 0 Å². The maximum atomic E-state index is 4.71. The van der Waals surface area contributed by atoms with Crippen molar-refractivity contribution in [2.24, 2.45) is 11.8 Å². The van der Waals surface area contributed by atoms with Crippen molar-refractivity contribution in [1.29, 1.82) is 0 Å². The van der Waals surface area contributed by atoms with Crippen LogP contribution in [-0.4, -0.2) is 20.1 Å². The predicted octanol–water partition coefficient (Wildman–Crippen LogP) is 9.00. The average molecular weight is 891 g/mol. The van der Waals surface area contributed by atoms with Crippen LogP contribution in [0.25, 0.3) is 0 Å². The molecule has 3 fully saturated rings. The van der Waals surface area contributed by atoms with Crippen LogP contribution in [0.1, 0.15) is 214 Å². The van der Waals surface area contributed by atoms with Crippen molar-refractivity contribution in [3.8, 4) is 0 Å². The Hall–Kier alpha value is 0.680. The molecule has 1 spiro atoms. The van der Waals surface area contributed by atoms with Crippen LogP contribution in [0.2, 0.25) is 0 Å². The first kappa shape index (κ1) is 43.1. The SMILES string of the molecule is C=C(CCCCCCCCCCCCCCCCCCC(=C)[I-]C(C)(C)C)CCCC(CC)C(=C)CC1CC2CCC(C1)[I-]21CCCC1. The molecule has 284 valence electrons. The second kappa shape index (κ2) is 24.1. The maximum absolute atomic E-state index is 4.71. The Morgan fingerprint density at radius 1 is 0.646 bits per heavy atom. The van der Waals surface area contributed by atoms with E-state index in [1.54, 1.807) is 56.5 Å². The fourth-order valence-electron chi connectivity index (χ4n) is 9.60. The summed E-state index contributed by atoms with van der Waals surface area (Å²) in [6.07, 6.45) is 41.9. The summed E-state index contributed by atoms with van der Waals surface area (Å²) in [4.78, 5) is 0. The summed E-state index contributed by atoms with van der Waals surface area (Å²) in [6, 6.07) is 0. The zero-order chi connectivity index (χ0) is 34.7. The zero-order valence-electron chi connectivity index (χ0n) is 33.1. The van der Waals surface area contributed by atoms with Crippen molar-refractivity contribution in [3.63, 3.8) is 0 Å². The topological polar surface area (TPSA) is 0 Å². The minimum absolute atomic E-state index is 0.161. The Balaban J connectivity index is 1.05. The monoisotopic (exact) mass is 890 g/mol. The summed E-state index contributed by atoms with van der Waals surface area (Å²) in [5.41, 5.74) is 3.14. The molecule has 0 N–H and O–H groups in total. The van der Waals surface area contributed by atoms with E-state index in [-0.39, 0.29) is 21.2 Å². The molecule has 0 aromatic carbocycles. The van der Waals surface area contributed by atoms with Crippen LogP contribution < -0.4 is 39.6 Å².